The number of piperidine rings is 1. The average Bonchev–Trinajstić information content (AvgIpc) is 2.93. The van der Waals surface area contributed by atoms with Gasteiger partial charge in [-0.3, -0.25) is 0 Å². The summed E-state index contributed by atoms with van der Waals surface area (Å²) in [5, 5.41) is 26.0. The molecule has 2 heterocycles. The maximum Gasteiger partial charge on any atom is 0.244 e. The van der Waals surface area contributed by atoms with Crippen molar-refractivity contribution >= 4 is 0 Å². The Bertz CT molecular complexity index is 576. The Hall–Kier alpha value is -2.08. The van der Waals surface area contributed by atoms with Crippen molar-refractivity contribution in [3.63, 3.8) is 0 Å². The van der Waals surface area contributed by atoms with Crippen molar-refractivity contribution in [1.29, 1.82) is 0 Å². The molecule has 1 aliphatic rings. The predicted octanol–water partition coefficient (Wildman–Crippen LogP) is 1.96. The summed E-state index contributed by atoms with van der Waals surface area (Å²) in [7, 11) is 0. The lowest BCUT2D eigenvalue weighted by Crippen LogP contribution is -2.26. The molecular weight excluding hydrogens is 246 g/mol. The highest BCUT2D eigenvalue weighted by Gasteiger charge is 2.21. The van der Waals surface area contributed by atoms with Gasteiger partial charge in [0.1, 0.15) is 0 Å². The lowest BCUT2D eigenvalue weighted by atomic mass is 10.1. The first-order valence-electron chi connectivity index (χ1n) is 6.33. The quantitative estimate of drug-likeness (QED) is 0.716. The Labute approximate surface area is 110 Å². The molecule has 0 spiro atoms. The molecule has 1 saturated heterocycles. The van der Waals surface area contributed by atoms with Crippen LogP contribution in [0.5, 0.6) is 11.5 Å². The standard InChI is InChI=1S/C13H15N3O3/c17-10-5-4-8(7-11(10)18)12-15-13(19-16-12)9-3-1-2-6-14-9/h4-5,7,9,14,17-18H,1-3,6H2/t9-/m0/s1. The van der Waals surface area contributed by atoms with E-state index in [-0.39, 0.29) is 17.5 Å². The van der Waals surface area contributed by atoms with E-state index in [1.54, 1.807) is 6.07 Å². The van der Waals surface area contributed by atoms with Gasteiger partial charge in [-0.15, -0.1) is 0 Å². The fraction of sp³-hybridized carbons (Fsp3) is 0.385. The summed E-state index contributed by atoms with van der Waals surface area (Å²) < 4.78 is 5.26. The summed E-state index contributed by atoms with van der Waals surface area (Å²) in [5.74, 6) is 0.626. The predicted molar refractivity (Wildman–Crippen MR) is 67.7 cm³/mol. The number of phenolic OH excluding ortho intramolecular Hbond substituents is 2. The summed E-state index contributed by atoms with van der Waals surface area (Å²) in [6.45, 7) is 0.961. The van der Waals surface area contributed by atoms with Gasteiger partial charge >= 0.3 is 0 Å². The molecule has 1 fully saturated rings. The minimum atomic E-state index is -0.195. The first kappa shape index (κ1) is 12.0. The fourth-order valence-electron chi connectivity index (χ4n) is 2.22. The van der Waals surface area contributed by atoms with Crippen LogP contribution in [0.15, 0.2) is 22.7 Å². The Balaban J connectivity index is 1.85. The molecule has 0 saturated carbocycles. The highest BCUT2D eigenvalue weighted by atomic mass is 16.5. The van der Waals surface area contributed by atoms with E-state index in [9.17, 15) is 10.2 Å². The van der Waals surface area contributed by atoms with Crippen molar-refractivity contribution in [2.75, 3.05) is 6.54 Å². The van der Waals surface area contributed by atoms with Crippen LogP contribution >= 0.6 is 0 Å². The van der Waals surface area contributed by atoms with Crippen LogP contribution in [-0.4, -0.2) is 26.9 Å². The van der Waals surface area contributed by atoms with Crippen LogP contribution in [0, 0.1) is 0 Å². The van der Waals surface area contributed by atoms with E-state index < -0.39 is 0 Å². The normalized spacial score (nSPS) is 19.5. The first-order chi connectivity index (χ1) is 9.24. The van der Waals surface area contributed by atoms with Gasteiger partial charge < -0.3 is 20.1 Å². The molecule has 1 aliphatic heterocycles. The smallest absolute Gasteiger partial charge is 0.244 e. The minimum absolute atomic E-state index is 0.112. The monoisotopic (exact) mass is 261 g/mol. The maximum atomic E-state index is 9.47. The van der Waals surface area contributed by atoms with E-state index in [4.69, 9.17) is 4.52 Å². The number of aromatic hydroxyl groups is 2. The molecule has 0 radical (unpaired) electrons. The molecule has 1 aromatic heterocycles. The summed E-state index contributed by atoms with van der Waals surface area (Å²) in [4.78, 5) is 4.34. The largest absolute Gasteiger partial charge is 0.504 e. The van der Waals surface area contributed by atoms with Crippen LogP contribution in [0.2, 0.25) is 0 Å². The molecule has 0 bridgehead atoms. The lowest BCUT2D eigenvalue weighted by Gasteiger charge is -2.19. The van der Waals surface area contributed by atoms with Crippen LogP contribution in [0.3, 0.4) is 0 Å². The number of nitrogens with zero attached hydrogens (tertiary/aromatic N) is 2. The molecule has 3 N–H and O–H groups in total. The first-order valence-corrected chi connectivity index (χ1v) is 6.33. The Kier molecular flexibility index (Phi) is 3.08. The van der Waals surface area contributed by atoms with Gasteiger partial charge in [-0.05, 0) is 37.6 Å². The molecule has 100 valence electrons. The van der Waals surface area contributed by atoms with E-state index >= 15 is 0 Å². The fourth-order valence-corrected chi connectivity index (χ4v) is 2.22. The van der Waals surface area contributed by atoms with Gasteiger partial charge in [0.2, 0.25) is 11.7 Å². The number of nitrogens with one attached hydrogen (secondary N) is 1. The van der Waals surface area contributed by atoms with Crippen LogP contribution in [-0.2, 0) is 0 Å². The lowest BCUT2D eigenvalue weighted by molar-refractivity contribution is 0.297. The molecule has 1 aromatic carbocycles. The zero-order valence-electron chi connectivity index (χ0n) is 10.3. The van der Waals surface area contributed by atoms with Gasteiger partial charge in [-0.2, -0.15) is 4.98 Å². The van der Waals surface area contributed by atoms with E-state index in [1.807, 2.05) is 0 Å². The van der Waals surface area contributed by atoms with Crippen LogP contribution in [0.4, 0.5) is 0 Å². The zero-order chi connectivity index (χ0) is 13.2. The molecular formula is C13H15N3O3. The Morgan fingerprint density at radius 2 is 2.11 bits per heavy atom. The van der Waals surface area contributed by atoms with Gasteiger partial charge in [-0.1, -0.05) is 11.6 Å². The van der Waals surface area contributed by atoms with Crippen LogP contribution in [0.1, 0.15) is 31.2 Å². The highest BCUT2D eigenvalue weighted by molar-refractivity contribution is 5.59. The number of benzene rings is 1. The van der Waals surface area contributed by atoms with E-state index in [2.05, 4.69) is 15.5 Å². The van der Waals surface area contributed by atoms with Gasteiger partial charge in [0.05, 0.1) is 6.04 Å². The summed E-state index contributed by atoms with van der Waals surface area (Å²) >= 11 is 0. The molecule has 0 amide bonds. The van der Waals surface area contributed by atoms with E-state index in [0.717, 1.165) is 19.4 Å². The van der Waals surface area contributed by atoms with Crippen molar-refractivity contribution in [3.8, 4) is 22.9 Å². The molecule has 1 atom stereocenters. The molecule has 3 rings (SSSR count). The minimum Gasteiger partial charge on any atom is -0.504 e. The van der Waals surface area contributed by atoms with Crippen molar-refractivity contribution in [1.82, 2.24) is 15.5 Å². The zero-order valence-corrected chi connectivity index (χ0v) is 10.3. The summed E-state index contributed by atoms with van der Waals surface area (Å²) in [6, 6.07) is 4.57. The second-order valence-corrected chi connectivity index (χ2v) is 4.66. The Morgan fingerprint density at radius 1 is 1.21 bits per heavy atom. The molecule has 0 unspecified atom stereocenters. The van der Waals surface area contributed by atoms with Crippen LogP contribution in [0.25, 0.3) is 11.4 Å². The number of aromatic nitrogens is 2. The maximum absolute atomic E-state index is 9.47. The van der Waals surface area contributed by atoms with Gasteiger partial charge in [-0.25, -0.2) is 0 Å². The second kappa shape index (κ2) is 4.89. The van der Waals surface area contributed by atoms with Crippen molar-refractivity contribution in [2.24, 2.45) is 0 Å². The van der Waals surface area contributed by atoms with E-state index in [1.165, 1.54) is 18.6 Å². The summed E-state index contributed by atoms with van der Waals surface area (Å²) in [6.07, 6.45) is 3.31. The number of phenols is 2. The van der Waals surface area contributed by atoms with Crippen molar-refractivity contribution in [3.05, 3.63) is 24.1 Å². The molecule has 0 aliphatic carbocycles. The average molecular weight is 261 g/mol. The SMILES string of the molecule is Oc1ccc(-c2noc([C@@H]3CCCCN3)n2)cc1O. The van der Waals surface area contributed by atoms with Gasteiger partial charge in [0, 0.05) is 5.56 Å². The third-order valence-corrected chi connectivity index (χ3v) is 3.28. The van der Waals surface area contributed by atoms with Crippen molar-refractivity contribution < 1.29 is 14.7 Å². The Morgan fingerprint density at radius 3 is 2.84 bits per heavy atom. The van der Waals surface area contributed by atoms with Gasteiger partial charge in [0.15, 0.2) is 11.5 Å². The van der Waals surface area contributed by atoms with Crippen molar-refractivity contribution in [2.45, 2.75) is 25.3 Å². The third-order valence-electron chi connectivity index (χ3n) is 3.28. The molecule has 2 aromatic rings. The second-order valence-electron chi connectivity index (χ2n) is 4.66. The van der Waals surface area contributed by atoms with Crippen LogP contribution < -0.4 is 5.32 Å². The third kappa shape index (κ3) is 2.39. The topological polar surface area (TPSA) is 91.4 Å². The van der Waals surface area contributed by atoms with Gasteiger partial charge in [0.25, 0.3) is 0 Å². The highest BCUT2D eigenvalue weighted by Crippen LogP contribution is 2.30. The molecule has 19 heavy (non-hydrogen) atoms. The summed E-state index contributed by atoms with van der Waals surface area (Å²) in [5.41, 5.74) is 0.612. The number of hydrogen-bond acceptors (Lipinski definition) is 6. The number of rotatable bonds is 2. The molecule has 6 heteroatoms. The van der Waals surface area contributed by atoms with E-state index in [0.29, 0.717) is 17.3 Å². The number of hydrogen-bond donors (Lipinski definition) is 3. The molecule has 6 nitrogen and oxygen atoms in total.